The number of nitrogens with one attached hydrogen (secondary N) is 2. The van der Waals surface area contributed by atoms with E-state index in [1.54, 1.807) is 32.2 Å². The minimum Gasteiger partial charge on any atom is -0.340 e. The number of hydrogen-bond acceptors (Lipinski definition) is 5. The molecule has 23 heavy (non-hydrogen) atoms. The number of carbonyl (C=O) groups excluding carboxylic acids is 1. The average molecular weight is 321 g/mol. The molecule has 0 unspecified atom stereocenters. The van der Waals surface area contributed by atoms with Gasteiger partial charge >= 0.3 is 5.92 Å². The van der Waals surface area contributed by atoms with Crippen molar-refractivity contribution in [3.63, 3.8) is 0 Å². The lowest BCUT2D eigenvalue weighted by atomic mass is 10.2. The predicted octanol–water partition coefficient (Wildman–Crippen LogP) is 3.30. The third-order valence-electron chi connectivity index (χ3n) is 2.92. The highest BCUT2D eigenvalue weighted by molar-refractivity contribution is 5.88. The van der Waals surface area contributed by atoms with Crippen molar-refractivity contribution in [3.8, 4) is 0 Å². The van der Waals surface area contributed by atoms with Crippen LogP contribution in [0.1, 0.15) is 30.9 Å². The fraction of sp³-hybridized carbons (Fsp3) is 0.333. The summed E-state index contributed by atoms with van der Waals surface area (Å²) in [5.74, 6) is -3.32. The van der Waals surface area contributed by atoms with Gasteiger partial charge in [-0.15, -0.1) is 0 Å². The van der Waals surface area contributed by atoms with Crippen LogP contribution >= 0.6 is 0 Å². The molecule has 2 N–H and O–H groups in total. The average Bonchev–Trinajstić information content (AvgIpc) is 2.40. The Morgan fingerprint density at radius 3 is 2.48 bits per heavy atom. The number of aryl methyl sites for hydroxylation is 2. The summed E-state index contributed by atoms with van der Waals surface area (Å²) >= 11 is 0. The lowest BCUT2D eigenvalue weighted by Crippen LogP contribution is -2.14. The van der Waals surface area contributed by atoms with E-state index >= 15 is 0 Å². The molecular weight excluding hydrogens is 304 g/mol. The monoisotopic (exact) mass is 321 g/mol. The van der Waals surface area contributed by atoms with Crippen LogP contribution in [0.5, 0.6) is 0 Å². The molecular formula is C15H17F2N5O. The second-order valence-corrected chi connectivity index (χ2v) is 5.30. The Morgan fingerprint density at radius 1 is 1.17 bits per heavy atom. The van der Waals surface area contributed by atoms with Gasteiger partial charge in [0.2, 0.25) is 11.7 Å². The Bertz CT molecular complexity index is 743. The number of carbonyl (C=O) groups is 1. The molecule has 0 atom stereocenters. The lowest BCUT2D eigenvalue weighted by Gasteiger charge is -2.14. The van der Waals surface area contributed by atoms with E-state index in [1.807, 2.05) is 0 Å². The van der Waals surface area contributed by atoms with Crippen molar-refractivity contribution in [1.82, 2.24) is 15.0 Å². The van der Waals surface area contributed by atoms with E-state index in [9.17, 15) is 13.6 Å². The molecule has 0 bridgehead atoms. The molecule has 0 aromatic carbocycles. The first kappa shape index (κ1) is 16.7. The number of nitrogens with zero attached hydrogens (tertiary/aromatic N) is 3. The fourth-order valence-corrected chi connectivity index (χ4v) is 1.87. The molecule has 122 valence electrons. The van der Waals surface area contributed by atoms with Gasteiger partial charge in [0.05, 0.1) is 0 Å². The summed E-state index contributed by atoms with van der Waals surface area (Å²) in [6.07, 6.45) is 1.57. The van der Waals surface area contributed by atoms with E-state index in [1.165, 1.54) is 6.92 Å². The number of alkyl halides is 2. The highest BCUT2D eigenvalue weighted by atomic mass is 19.3. The Balaban J connectivity index is 2.35. The van der Waals surface area contributed by atoms with Gasteiger partial charge in [-0.1, -0.05) is 0 Å². The van der Waals surface area contributed by atoms with Gasteiger partial charge in [0.15, 0.2) is 0 Å². The van der Waals surface area contributed by atoms with Crippen LogP contribution in [0, 0.1) is 13.8 Å². The Hall–Kier alpha value is -2.64. The first-order chi connectivity index (χ1) is 10.6. The second kappa shape index (κ2) is 6.23. The van der Waals surface area contributed by atoms with Crippen molar-refractivity contribution in [3.05, 3.63) is 35.4 Å². The third kappa shape index (κ3) is 4.41. The molecule has 0 spiro atoms. The van der Waals surface area contributed by atoms with E-state index in [0.29, 0.717) is 17.2 Å². The minimum atomic E-state index is -3.13. The van der Waals surface area contributed by atoms with Crippen LogP contribution < -0.4 is 10.6 Å². The largest absolute Gasteiger partial charge is 0.340 e. The normalized spacial score (nSPS) is 11.2. The summed E-state index contributed by atoms with van der Waals surface area (Å²) in [5, 5.41) is 5.53. The molecule has 0 radical (unpaired) electrons. The van der Waals surface area contributed by atoms with Gasteiger partial charge in [-0.05, 0) is 19.4 Å². The fourth-order valence-electron chi connectivity index (χ4n) is 1.87. The van der Waals surface area contributed by atoms with E-state index in [-0.39, 0.29) is 11.7 Å². The topological polar surface area (TPSA) is 79.8 Å². The van der Waals surface area contributed by atoms with Crippen molar-refractivity contribution >= 4 is 23.2 Å². The van der Waals surface area contributed by atoms with Crippen LogP contribution in [0.25, 0.3) is 0 Å². The molecule has 8 heteroatoms. The highest BCUT2D eigenvalue weighted by Crippen LogP contribution is 2.27. The summed E-state index contributed by atoms with van der Waals surface area (Å²) in [6, 6.07) is 3.17. The number of halogens is 2. The summed E-state index contributed by atoms with van der Waals surface area (Å²) < 4.78 is 26.9. The zero-order chi connectivity index (χ0) is 17.2. The molecule has 2 heterocycles. The van der Waals surface area contributed by atoms with Crippen molar-refractivity contribution in [2.24, 2.45) is 0 Å². The number of aromatic nitrogens is 3. The summed E-state index contributed by atoms with van der Waals surface area (Å²) in [4.78, 5) is 22.8. The van der Waals surface area contributed by atoms with Gasteiger partial charge in [-0.25, -0.2) is 15.0 Å². The molecule has 1 amide bonds. The van der Waals surface area contributed by atoms with Gasteiger partial charge in [0.25, 0.3) is 0 Å². The van der Waals surface area contributed by atoms with Crippen LogP contribution in [0.15, 0.2) is 18.3 Å². The zero-order valence-corrected chi connectivity index (χ0v) is 13.2. The lowest BCUT2D eigenvalue weighted by molar-refractivity contribution is -0.114. The number of rotatable bonds is 4. The van der Waals surface area contributed by atoms with Crippen molar-refractivity contribution < 1.29 is 13.6 Å². The molecule has 6 nitrogen and oxygen atoms in total. The zero-order valence-electron chi connectivity index (χ0n) is 13.2. The SMILES string of the molecule is CC(=O)Nc1cc(Nc2cc(C)nc(C(C)(F)F)n2)c(C)cn1. The maximum absolute atomic E-state index is 13.4. The van der Waals surface area contributed by atoms with E-state index in [4.69, 9.17) is 0 Å². The molecule has 0 aliphatic heterocycles. The van der Waals surface area contributed by atoms with Crippen LogP contribution in [0.2, 0.25) is 0 Å². The van der Waals surface area contributed by atoms with Crippen LogP contribution in [0.4, 0.5) is 26.1 Å². The van der Waals surface area contributed by atoms with Crippen molar-refractivity contribution in [1.29, 1.82) is 0 Å². The Labute approximate surface area is 132 Å². The second-order valence-electron chi connectivity index (χ2n) is 5.30. The predicted molar refractivity (Wildman–Crippen MR) is 82.9 cm³/mol. The summed E-state index contributed by atoms with van der Waals surface area (Å²) in [6.45, 7) is 5.54. The number of amides is 1. The maximum Gasteiger partial charge on any atom is 0.303 e. The molecule has 2 rings (SSSR count). The number of hydrogen-bond donors (Lipinski definition) is 2. The number of pyridine rings is 1. The van der Waals surface area contributed by atoms with Gasteiger partial charge in [0.1, 0.15) is 11.6 Å². The molecule has 0 aliphatic rings. The van der Waals surface area contributed by atoms with Crippen LogP contribution in [0.3, 0.4) is 0 Å². The molecule has 0 fully saturated rings. The molecule has 2 aromatic rings. The summed E-state index contributed by atoms with van der Waals surface area (Å²) in [7, 11) is 0. The summed E-state index contributed by atoms with van der Waals surface area (Å²) in [5.41, 5.74) is 1.81. The Kier molecular flexibility index (Phi) is 4.53. The smallest absolute Gasteiger partial charge is 0.303 e. The van der Waals surface area contributed by atoms with Gasteiger partial charge in [0, 0.05) is 43.6 Å². The Morgan fingerprint density at radius 2 is 1.87 bits per heavy atom. The van der Waals surface area contributed by atoms with Crippen LogP contribution in [-0.2, 0) is 10.7 Å². The maximum atomic E-state index is 13.4. The van der Waals surface area contributed by atoms with Crippen molar-refractivity contribution in [2.75, 3.05) is 10.6 Å². The van der Waals surface area contributed by atoms with E-state index < -0.39 is 11.7 Å². The molecule has 0 aliphatic carbocycles. The standard InChI is InChI=1S/C15H17F2N5O/c1-8-7-18-12(20-10(3)23)6-11(8)21-13-5-9(2)19-14(22-13)15(4,16)17/h5-7H,1-4H3,(H2,18,19,20,21,22,23). The first-order valence-electron chi connectivity index (χ1n) is 6.90. The molecule has 0 saturated heterocycles. The third-order valence-corrected chi connectivity index (χ3v) is 2.92. The van der Waals surface area contributed by atoms with Crippen LogP contribution in [-0.4, -0.2) is 20.9 Å². The molecule has 0 saturated carbocycles. The van der Waals surface area contributed by atoms with Gasteiger partial charge in [-0.3, -0.25) is 4.79 Å². The number of anilines is 3. The van der Waals surface area contributed by atoms with E-state index in [2.05, 4.69) is 25.6 Å². The first-order valence-corrected chi connectivity index (χ1v) is 6.90. The van der Waals surface area contributed by atoms with Crippen molar-refractivity contribution in [2.45, 2.75) is 33.6 Å². The quantitative estimate of drug-likeness (QED) is 0.903. The van der Waals surface area contributed by atoms with Gasteiger partial charge < -0.3 is 10.6 Å². The van der Waals surface area contributed by atoms with Gasteiger partial charge in [-0.2, -0.15) is 8.78 Å². The molecule has 2 aromatic heterocycles. The minimum absolute atomic E-state index is 0.247. The highest BCUT2D eigenvalue weighted by Gasteiger charge is 2.28. The van der Waals surface area contributed by atoms with E-state index in [0.717, 1.165) is 12.5 Å².